The maximum atomic E-state index is 11.8. The fourth-order valence-corrected chi connectivity index (χ4v) is 1.83. The van der Waals surface area contributed by atoms with Crippen molar-refractivity contribution in [1.82, 2.24) is 19.9 Å². The van der Waals surface area contributed by atoms with Crippen molar-refractivity contribution in [2.24, 2.45) is 0 Å². The number of likely N-dealkylation sites (tertiary alicyclic amines) is 1. The standard InChI is InChI=1S/C11H14ClN5O3/c1-3-4-20-11-15-9(12)14-10(16-11)13-6-5-7(18)17(2)8(6)19/h6H,3-5H2,1-2H3,(H,13,14,15,16). The summed E-state index contributed by atoms with van der Waals surface area (Å²) in [6, 6.07) is -0.607. The zero-order valence-electron chi connectivity index (χ0n) is 11.1. The smallest absolute Gasteiger partial charge is 0.322 e. The molecule has 0 bridgehead atoms. The van der Waals surface area contributed by atoms with E-state index in [0.29, 0.717) is 6.61 Å². The molecule has 2 heterocycles. The summed E-state index contributed by atoms with van der Waals surface area (Å²) in [5.74, 6) is -0.477. The van der Waals surface area contributed by atoms with E-state index in [1.54, 1.807) is 0 Å². The predicted molar refractivity (Wildman–Crippen MR) is 70.4 cm³/mol. The summed E-state index contributed by atoms with van der Waals surface area (Å²) in [6.45, 7) is 2.39. The molecule has 9 heteroatoms. The molecular formula is C11H14ClN5O3. The number of amides is 2. The molecule has 2 amide bonds. The van der Waals surface area contributed by atoms with Crippen LogP contribution >= 0.6 is 11.6 Å². The summed E-state index contributed by atoms with van der Waals surface area (Å²) in [7, 11) is 1.43. The Morgan fingerprint density at radius 2 is 2.15 bits per heavy atom. The SMILES string of the molecule is CCCOc1nc(Cl)nc(NC2CC(=O)N(C)C2=O)n1. The fraction of sp³-hybridized carbons (Fsp3) is 0.545. The molecule has 0 spiro atoms. The van der Waals surface area contributed by atoms with Gasteiger partial charge in [0.1, 0.15) is 6.04 Å². The Kier molecular flexibility index (Phi) is 4.33. The Morgan fingerprint density at radius 3 is 2.75 bits per heavy atom. The first-order valence-electron chi connectivity index (χ1n) is 6.12. The molecule has 2 rings (SSSR count). The van der Waals surface area contributed by atoms with Crippen molar-refractivity contribution in [3.63, 3.8) is 0 Å². The third kappa shape index (κ3) is 3.13. The molecule has 20 heavy (non-hydrogen) atoms. The van der Waals surface area contributed by atoms with Crippen LogP contribution in [-0.2, 0) is 9.59 Å². The highest BCUT2D eigenvalue weighted by Crippen LogP contribution is 2.17. The van der Waals surface area contributed by atoms with Gasteiger partial charge < -0.3 is 10.1 Å². The lowest BCUT2D eigenvalue weighted by Gasteiger charge is -2.11. The maximum Gasteiger partial charge on any atom is 0.322 e. The van der Waals surface area contributed by atoms with Gasteiger partial charge in [0.2, 0.25) is 17.1 Å². The van der Waals surface area contributed by atoms with Crippen LogP contribution in [0.25, 0.3) is 0 Å². The highest BCUT2D eigenvalue weighted by Gasteiger charge is 2.36. The van der Waals surface area contributed by atoms with E-state index in [-0.39, 0.29) is 35.5 Å². The second kappa shape index (κ2) is 6.00. The lowest BCUT2D eigenvalue weighted by molar-refractivity contribution is -0.136. The molecule has 0 aromatic carbocycles. The number of aromatic nitrogens is 3. The number of likely N-dealkylation sites (N-methyl/N-ethyl adjacent to an activating group) is 1. The van der Waals surface area contributed by atoms with E-state index >= 15 is 0 Å². The largest absolute Gasteiger partial charge is 0.463 e. The fourth-order valence-electron chi connectivity index (χ4n) is 1.68. The average Bonchev–Trinajstić information content (AvgIpc) is 2.63. The number of anilines is 1. The van der Waals surface area contributed by atoms with Crippen LogP contribution in [0, 0.1) is 0 Å². The first-order chi connectivity index (χ1) is 9.51. The van der Waals surface area contributed by atoms with Gasteiger partial charge in [0.25, 0.3) is 5.91 Å². The van der Waals surface area contributed by atoms with E-state index in [2.05, 4.69) is 20.3 Å². The normalized spacial score (nSPS) is 18.6. The molecule has 0 aliphatic carbocycles. The van der Waals surface area contributed by atoms with Gasteiger partial charge in [-0.15, -0.1) is 0 Å². The molecule has 1 aliphatic rings. The van der Waals surface area contributed by atoms with E-state index in [9.17, 15) is 9.59 Å². The highest BCUT2D eigenvalue weighted by atomic mass is 35.5. The minimum atomic E-state index is -0.690. The number of hydrogen-bond donors (Lipinski definition) is 1. The van der Waals surface area contributed by atoms with E-state index in [0.717, 1.165) is 11.3 Å². The molecule has 1 N–H and O–H groups in total. The van der Waals surface area contributed by atoms with Gasteiger partial charge in [-0.3, -0.25) is 14.5 Å². The lowest BCUT2D eigenvalue weighted by atomic mass is 10.2. The van der Waals surface area contributed by atoms with Crippen molar-refractivity contribution in [3.8, 4) is 6.01 Å². The van der Waals surface area contributed by atoms with Crippen molar-refractivity contribution >= 4 is 29.4 Å². The van der Waals surface area contributed by atoms with Gasteiger partial charge in [-0.05, 0) is 18.0 Å². The Labute approximate surface area is 120 Å². The molecule has 1 aliphatic heterocycles. The molecule has 1 saturated heterocycles. The highest BCUT2D eigenvalue weighted by molar-refractivity contribution is 6.28. The number of nitrogens with one attached hydrogen (secondary N) is 1. The van der Waals surface area contributed by atoms with Crippen LogP contribution in [0.15, 0.2) is 0 Å². The summed E-state index contributed by atoms with van der Waals surface area (Å²) in [6.07, 6.45) is 0.857. The summed E-state index contributed by atoms with van der Waals surface area (Å²) < 4.78 is 5.26. The van der Waals surface area contributed by atoms with E-state index in [1.165, 1.54) is 7.05 Å². The number of nitrogens with zero attached hydrogens (tertiary/aromatic N) is 4. The number of hydrogen-bond acceptors (Lipinski definition) is 7. The number of ether oxygens (including phenoxy) is 1. The number of rotatable bonds is 5. The Hall–Kier alpha value is -1.96. The van der Waals surface area contributed by atoms with Gasteiger partial charge in [-0.2, -0.15) is 15.0 Å². The molecular weight excluding hydrogens is 286 g/mol. The molecule has 108 valence electrons. The minimum absolute atomic E-state index is 0.0428. The molecule has 1 aromatic heterocycles. The molecule has 1 atom stereocenters. The van der Waals surface area contributed by atoms with Crippen LogP contribution in [0.2, 0.25) is 5.28 Å². The summed E-state index contributed by atoms with van der Waals surface area (Å²) >= 11 is 5.76. The lowest BCUT2D eigenvalue weighted by Crippen LogP contribution is -2.32. The summed E-state index contributed by atoms with van der Waals surface area (Å²) in [4.78, 5) is 35.9. The number of carbonyl (C=O) groups is 2. The van der Waals surface area contributed by atoms with Crippen LogP contribution < -0.4 is 10.1 Å². The third-order valence-corrected chi connectivity index (χ3v) is 2.88. The molecule has 8 nitrogen and oxygen atoms in total. The van der Waals surface area contributed by atoms with Gasteiger partial charge in [0.05, 0.1) is 13.0 Å². The van der Waals surface area contributed by atoms with Gasteiger partial charge in [0.15, 0.2) is 0 Å². The Balaban J connectivity index is 2.11. The summed E-state index contributed by atoms with van der Waals surface area (Å²) in [5.41, 5.74) is 0. The summed E-state index contributed by atoms with van der Waals surface area (Å²) in [5, 5.41) is 2.73. The van der Waals surface area contributed by atoms with Crippen LogP contribution in [0.3, 0.4) is 0 Å². The topological polar surface area (TPSA) is 97.3 Å². The molecule has 1 unspecified atom stereocenters. The first-order valence-corrected chi connectivity index (χ1v) is 6.50. The van der Waals surface area contributed by atoms with Crippen molar-refractivity contribution in [3.05, 3.63) is 5.28 Å². The number of imide groups is 1. The zero-order valence-corrected chi connectivity index (χ0v) is 11.8. The molecule has 1 aromatic rings. The van der Waals surface area contributed by atoms with Crippen LogP contribution in [0.5, 0.6) is 6.01 Å². The third-order valence-electron chi connectivity index (χ3n) is 2.71. The monoisotopic (exact) mass is 299 g/mol. The molecule has 0 saturated carbocycles. The average molecular weight is 300 g/mol. The Bertz CT molecular complexity index is 539. The van der Waals surface area contributed by atoms with Crippen molar-refractivity contribution < 1.29 is 14.3 Å². The molecule has 0 radical (unpaired) electrons. The van der Waals surface area contributed by atoms with E-state index in [1.807, 2.05) is 6.92 Å². The zero-order chi connectivity index (χ0) is 14.7. The predicted octanol–water partition coefficient (Wildman–Crippen LogP) is 0.483. The van der Waals surface area contributed by atoms with E-state index < -0.39 is 6.04 Å². The van der Waals surface area contributed by atoms with Crippen LogP contribution in [0.1, 0.15) is 19.8 Å². The second-order valence-electron chi connectivity index (χ2n) is 4.25. The number of carbonyl (C=O) groups excluding carboxylic acids is 2. The van der Waals surface area contributed by atoms with Crippen LogP contribution in [0.4, 0.5) is 5.95 Å². The second-order valence-corrected chi connectivity index (χ2v) is 4.59. The molecule has 1 fully saturated rings. The van der Waals surface area contributed by atoms with Crippen molar-refractivity contribution in [1.29, 1.82) is 0 Å². The first kappa shape index (κ1) is 14.4. The van der Waals surface area contributed by atoms with Crippen molar-refractivity contribution in [2.75, 3.05) is 19.0 Å². The van der Waals surface area contributed by atoms with Gasteiger partial charge in [0, 0.05) is 7.05 Å². The minimum Gasteiger partial charge on any atom is -0.463 e. The van der Waals surface area contributed by atoms with Crippen molar-refractivity contribution in [2.45, 2.75) is 25.8 Å². The van der Waals surface area contributed by atoms with Gasteiger partial charge >= 0.3 is 6.01 Å². The van der Waals surface area contributed by atoms with E-state index in [4.69, 9.17) is 16.3 Å². The van der Waals surface area contributed by atoms with Gasteiger partial charge in [-0.1, -0.05) is 6.92 Å². The Morgan fingerprint density at radius 1 is 1.40 bits per heavy atom. The van der Waals surface area contributed by atoms with Crippen LogP contribution in [-0.4, -0.2) is 51.4 Å². The number of halogens is 1. The quantitative estimate of drug-likeness (QED) is 0.790. The van der Waals surface area contributed by atoms with Gasteiger partial charge in [-0.25, -0.2) is 0 Å². The maximum absolute atomic E-state index is 11.8.